The first-order valence-electron chi connectivity index (χ1n) is 12.0. The Morgan fingerprint density at radius 3 is 2.47 bits per heavy atom. The highest BCUT2D eigenvalue weighted by Crippen LogP contribution is 2.32. The van der Waals surface area contributed by atoms with Crippen LogP contribution in [0.2, 0.25) is 0 Å². The first kappa shape index (κ1) is 22.5. The van der Waals surface area contributed by atoms with Crippen LogP contribution in [0.15, 0.2) is 76.7 Å². The number of anilines is 1. The van der Waals surface area contributed by atoms with Gasteiger partial charge in [-0.25, -0.2) is 4.57 Å². The first-order valence-corrected chi connectivity index (χ1v) is 12.8. The van der Waals surface area contributed by atoms with Gasteiger partial charge in [-0.15, -0.1) is 10.2 Å². The van der Waals surface area contributed by atoms with Crippen LogP contribution in [0, 0.1) is 13.8 Å². The average molecular weight is 496 g/mol. The lowest BCUT2D eigenvalue weighted by Gasteiger charge is -2.21. The molecule has 0 fully saturated rings. The Bertz CT molecular complexity index is 1700. The van der Waals surface area contributed by atoms with E-state index in [1.54, 1.807) is 4.57 Å². The third kappa shape index (κ3) is 3.44. The Morgan fingerprint density at radius 2 is 1.67 bits per heavy atom. The van der Waals surface area contributed by atoms with Gasteiger partial charge < -0.3 is 4.90 Å². The minimum atomic E-state index is -0.386. The number of fused-ring (bicyclic) bond motifs is 4. The molecule has 0 N–H and O–H groups in total. The number of benzene rings is 3. The molecule has 7 nitrogen and oxygen atoms in total. The van der Waals surface area contributed by atoms with E-state index >= 15 is 0 Å². The predicted molar refractivity (Wildman–Crippen MR) is 143 cm³/mol. The molecule has 36 heavy (non-hydrogen) atoms. The Hall–Kier alpha value is -3.91. The number of carbonyl (C=O) groups is 1. The van der Waals surface area contributed by atoms with Gasteiger partial charge in [0.15, 0.2) is 5.16 Å². The average Bonchev–Trinajstić information content (AvgIpc) is 3.50. The molecule has 3 aromatic carbocycles. The standard InChI is InChI=1S/C28H25N5O2S/c1-17-9-8-10-18(2)24(17)33-26(35)21-12-5-7-14-23(21)32-27(33)29-30-28(32)36-19(3)25(34)31-16-15-20-11-4-6-13-22(20)31/h4-14,19H,15-16H2,1-3H3. The SMILES string of the molecule is Cc1cccc(C)c1-n1c(=O)c2ccccc2n2c(SC(C)C(=O)N3CCc4ccccc43)nnc12. The van der Waals surface area contributed by atoms with Crippen LogP contribution in [0.3, 0.4) is 0 Å². The van der Waals surface area contributed by atoms with E-state index in [4.69, 9.17) is 0 Å². The molecule has 8 heteroatoms. The number of nitrogens with zero attached hydrogens (tertiary/aromatic N) is 5. The van der Waals surface area contributed by atoms with Crippen molar-refractivity contribution < 1.29 is 4.79 Å². The predicted octanol–water partition coefficient (Wildman–Crippen LogP) is 4.72. The fraction of sp³-hybridized carbons (Fsp3) is 0.214. The smallest absolute Gasteiger partial charge is 0.267 e. The van der Waals surface area contributed by atoms with Crippen LogP contribution in [0.5, 0.6) is 0 Å². The molecule has 0 saturated heterocycles. The van der Waals surface area contributed by atoms with Crippen molar-refractivity contribution in [2.75, 3.05) is 11.4 Å². The van der Waals surface area contributed by atoms with Crippen LogP contribution in [0.1, 0.15) is 23.6 Å². The van der Waals surface area contributed by atoms with Crippen molar-refractivity contribution in [3.8, 4) is 5.69 Å². The highest BCUT2D eigenvalue weighted by atomic mass is 32.2. The monoisotopic (exact) mass is 495 g/mol. The fourth-order valence-electron chi connectivity index (χ4n) is 5.11. The Labute approximate surface area is 212 Å². The molecular formula is C28H25N5O2S. The van der Waals surface area contributed by atoms with Crippen LogP contribution in [0.4, 0.5) is 5.69 Å². The van der Waals surface area contributed by atoms with Crippen molar-refractivity contribution in [3.05, 3.63) is 93.8 Å². The second kappa shape index (κ2) is 8.64. The van der Waals surface area contributed by atoms with Gasteiger partial charge in [0.05, 0.1) is 21.8 Å². The Kier molecular flexibility index (Phi) is 5.41. The molecule has 0 saturated carbocycles. The van der Waals surface area contributed by atoms with Gasteiger partial charge in [-0.1, -0.05) is 60.3 Å². The van der Waals surface area contributed by atoms with Gasteiger partial charge in [0.25, 0.3) is 5.56 Å². The highest BCUT2D eigenvalue weighted by Gasteiger charge is 2.30. The summed E-state index contributed by atoms with van der Waals surface area (Å²) >= 11 is 1.37. The van der Waals surface area contributed by atoms with E-state index in [1.165, 1.54) is 17.3 Å². The van der Waals surface area contributed by atoms with Gasteiger partial charge in [0.1, 0.15) is 0 Å². The van der Waals surface area contributed by atoms with Gasteiger partial charge in [-0.05, 0) is 62.1 Å². The molecule has 5 aromatic rings. The van der Waals surface area contributed by atoms with Crippen LogP contribution in [-0.2, 0) is 11.2 Å². The lowest BCUT2D eigenvalue weighted by atomic mass is 10.1. The van der Waals surface area contributed by atoms with Gasteiger partial charge in [0.2, 0.25) is 11.7 Å². The van der Waals surface area contributed by atoms with E-state index in [-0.39, 0.29) is 16.7 Å². The molecule has 2 aromatic heterocycles. The maximum Gasteiger partial charge on any atom is 0.267 e. The summed E-state index contributed by atoms with van der Waals surface area (Å²) in [5.74, 6) is 0.471. The molecule has 0 aliphatic carbocycles. The Morgan fingerprint density at radius 1 is 0.944 bits per heavy atom. The van der Waals surface area contributed by atoms with Crippen molar-refractivity contribution in [1.82, 2.24) is 19.2 Å². The zero-order valence-corrected chi connectivity index (χ0v) is 21.1. The molecule has 1 aliphatic rings. The summed E-state index contributed by atoms with van der Waals surface area (Å²) in [6.07, 6.45) is 0.861. The van der Waals surface area contributed by atoms with E-state index < -0.39 is 0 Å². The summed E-state index contributed by atoms with van der Waals surface area (Å²) in [6, 6.07) is 21.5. The maximum absolute atomic E-state index is 13.7. The van der Waals surface area contributed by atoms with E-state index in [9.17, 15) is 9.59 Å². The first-order chi connectivity index (χ1) is 17.5. The van der Waals surface area contributed by atoms with E-state index in [0.717, 1.165) is 34.4 Å². The number of amides is 1. The van der Waals surface area contributed by atoms with Crippen LogP contribution < -0.4 is 10.5 Å². The van der Waals surface area contributed by atoms with Crippen molar-refractivity contribution in [1.29, 1.82) is 0 Å². The zero-order valence-electron chi connectivity index (χ0n) is 20.3. The highest BCUT2D eigenvalue weighted by molar-refractivity contribution is 8.00. The summed E-state index contributed by atoms with van der Waals surface area (Å²) < 4.78 is 3.54. The second-order valence-corrected chi connectivity index (χ2v) is 10.5. The molecule has 3 heterocycles. The van der Waals surface area contributed by atoms with Crippen molar-refractivity contribution in [2.24, 2.45) is 0 Å². The summed E-state index contributed by atoms with van der Waals surface area (Å²) in [4.78, 5) is 29.0. The van der Waals surface area contributed by atoms with Crippen molar-refractivity contribution in [2.45, 2.75) is 37.6 Å². The minimum Gasteiger partial charge on any atom is -0.311 e. The quantitative estimate of drug-likeness (QED) is 0.338. The third-order valence-corrected chi connectivity index (χ3v) is 7.87. The molecule has 0 radical (unpaired) electrons. The van der Waals surface area contributed by atoms with Crippen LogP contribution >= 0.6 is 11.8 Å². The number of aromatic nitrogens is 4. The normalized spacial score (nSPS) is 13.9. The third-order valence-electron chi connectivity index (χ3n) is 6.84. The number of hydrogen-bond donors (Lipinski definition) is 0. The fourth-order valence-corrected chi connectivity index (χ4v) is 6.03. The molecule has 1 aliphatic heterocycles. The number of hydrogen-bond acceptors (Lipinski definition) is 5. The molecule has 1 atom stereocenters. The van der Waals surface area contributed by atoms with Crippen LogP contribution in [0.25, 0.3) is 22.4 Å². The van der Waals surface area contributed by atoms with E-state index in [0.29, 0.717) is 22.9 Å². The topological polar surface area (TPSA) is 72.5 Å². The second-order valence-electron chi connectivity index (χ2n) is 9.14. The molecule has 6 rings (SSSR count). The molecule has 1 amide bonds. The molecule has 180 valence electrons. The van der Waals surface area contributed by atoms with Crippen molar-refractivity contribution in [3.63, 3.8) is 0 Å². The number of para-hydroxylation sites is 3. The molecular weight excluding hydrogens is 470 g/mol. The van der Waals surface area contributed by atoms with Crippen molar-refractivity contribution >= 4 is 40.0 Å². The summed E-state index contributed by atoms with van der Waals surface area (Å²) in [6.45, 7) is 6.56. The van der Waals surface area contributed by atoms with Gasteiger partial charge >= 0.3 is 0 Å². The maximum atomic E-state index is 13.7. The van der Waals surface area contributed by atoms with Crippen LogP contribution in [-0.4, -0.2) is 36.9 Å². The Balaban J connectivity index is 1.48. The number of thioether (sulfide) groups is 1. The van der Waals surface area contributed by atoms with Gasteiger partial charge in [0, 0.05) is 12.2 Å². The lowest BCUT2D eigenvalue weighted by Crippen LogP contribution is -2.35. The molecule has 0 spiro atoms. The van der Waals surface area contributed by atoms with Gasteiger partial charge in [-0.3, -0.25) is 14.0 Å². The largest absolute Gasteiger partial charge is 0.311 e. The summed E-state index contributed by atoms with van der Waals surface area (Å²) in [5.41, 5.74) is 5.51. The number of aryl methyl sites for hydroxylation is 2. The molecule has 1 unspecified atom stereocenters. The molecule has 0 bridgehead atoms. The summed E-state index contributed by atoms with van der Waals surface area (Å²) in [7, 11) is 0. The number of rotatable bonds is 4. The van der Waals surface area contributed by atoms with E-state index in [1.807, 2.05) is 90.7 Å². The van der Waals surface area contributed by atoms with Gasteiger partial charge in [-0.2, -0.15) is 0 Å². The lowest BCUT2D eigenvalue weighted by molar-refractivity contribution is -0.117. The zero-order chi connectivity index (χ0) is 25.0. The minimum absolute atomic E-state index is 0.0362. The number of carbonyl (C=O) groups excluding carboxylic acids is 1. The summed E-state index contributed by atoms with van der Waals surface area (Å²) in [5, 5.41) is 9.70. The van der Waals surface area contributed by atoms with E-state index in [2.05, 4.69) is 16.3 Å².